The highest BCUT2D eigenvalue weighted by atomic mass is 35.5. The summed E-state index contributed by atoms with van der Waals surface area (Å²) in [6, 6.07) is 13.9. The fourth-order valence-electron chi connectivity index (χ4n) is 2.72. The van der Waals surface area contributed by atoms with Crippen LogP contribution in [0.2, 0.25) is 10.0 Å². The Hall–Kier alpha value is -2.69. The summed E-state index contributed by atoms with van der Waals surface area (Å²) in [5.74, 6) is 2.39. The summed E-state index contributed by atoms with van der Waals surface area (Å²) in [5.41, 5.74) is 1.30. The minimum atomic E-state index is -0.189. The number of fused-ring (bicyclic) bond motifs is 1. The standard InChI is InChI=1S/C21H14Cl2O4/c1-12-2-5-16(26-12)10-20-21(24)17-7-6-15(9-19(17)27-20)25-11-13-3-4-14(22)8-18(13)23/h2-10H,11H2,1H3/b20-10-. The highest BCUT2D eigenvalue weighted by Crippen LogP contribution is 2.35. The van der Waals surface area contributed by atoms with Crippen LogP contribution in [0.1, 0.15) is 27.4 Å². The number of ether oxygens (including phenoxy) is 2. The summed E-state index contributed by atoms with van der Waals surface area (Å²) in [7, 11) is 0. The highest BCUT2D eigenvalue weighted by Gasteiger charge is 2.28. The van der Waals surface area contributed by atoms with Gasteiger partial charge in [-0.05, 0) is 43.3 Å². The van der Waals surface area contributed by atoms with Crippen molar-refractivity contribution in [1.29, 1.82) is 0 Å². The quantitative estimate of drug-likeness (QED) is 0.497. The number of hydrogen-bond donors (Lipinski definition) is 0. The zero-order chi connectivity index (χ0) is 19.0. The summed E-state index contributed by atoms with van der Waals surface area (Å²) in [6.45, 7) is 2.11. The predicted molar refractivity (Wildman–Crippen MR) is 104 cm³/mol. The monoisotopic (exact) mass is 400 g/mol. The number of carbonyl (C=O) groups excluding carboxylic acids is 1. The van der Waals surface area contributed by atoms with Gasteiger partial charge in [0.15, 0.2) is 5.76 Å². The van der Waals surface area contributed by atoms with E-state index < -0.39 is 0 Å². The second-order valence-electron chi connectivity index (χ2n) is 6.07. The van der Waals surface area contributed by atoms with Crippen molar-refractivity contribution in [3.8, 4) is 11.5 Å². The third-order valence-corrected chi connectivity index (χ3v) is 4.67. The van der Waals surface area contributed by atoms with Crippen molar-refractivity contribution in [1.82, 2.24) is 0 Å². The second-order valence-corrected chi connectivity index (χ2v) is 6.91. The van der Waals surface area contributed by atoms with E-state index in [0.717, 1.165) is 11.3 Å². The molecule has 1 aromatic heterocycles. The van der Waals surface area contributed by atoms with E-state index in [2.05, 4.69) is 0 Å². The van der Waals surface area contributed by atoms with Crippen molar-refractivity contribution in [2.45, 2.75) is 13.5 Å². The Balaban J connectivity index is 1.51. The lowest BCUT2D eigenvalue weighted by molar-refractivity contribution is 0.101. The SMILES string of the molecule is Cc1ccc(/C=C2\Oc3cc(OCc4ccc(Cl)cc4Cl)ccc3C2=O)o1. The molecule has 0 N–H and O–H groups in total. The van der Waals surface area contributed by atoms with Crippen molar-refractivity contribution >= 4 is 35.1 Å². The van der Waals surface area contributed by atoms with Crippen LogP contribution in [-0.4, -0.2) is 5.78 Å². The molecule has 0 atom stereocenters. The number of carbonyl (C=O) groups is 1. The number of rotatable bonds is 4. The Morgan fingerprint density at radius 3 is 2.67 bits per heavy atom. The van der Waals surface area contributed by atoms with Gasteiger partial charge in [-0.15, -0.1) is 0 Å². The minimum Gasteiger partial charge on any atom is -0.489 e. The zero-order valence-corrected chi connectivity index (χ0v) is 15.8. The van der Waals surface area contributed by atoms with E-state index in [4.69, 9.17) is 37.1 Å². The maximum Gasteiger partial charge on any atom is 0.232 e. The average Bonchev–Trinajstić information content (AvgIpc) is 3.18. The largest absolute Gasteiger partial charge is 0.489 e. The van der Waals surface area contributed by atoms with Crippen molar-refractivity contribution in [2.75, 3.05) is 0 Å². The molecule has 0 unspecified atom stereocenters. The van der Waals surface area contributed by atoms with Gasteiger partial charge >= 0.3 is 0 Å². The number of hydrogen-bond acceptors (Lipinski definition) is 4. The number of furan rings is 1. The fourth-order valence-corrected chi connectivity index (χ4v) is 3.18. The number of aryl methyl sites for hydroxylation is 1. The number of Topliss-reactive ketones (excluding diaryl/α,β-unsaturated/α-hetero) is 1. The van der Waals surface area contributed by atoms with Crippen LogP contribution in [-0.2, 0) is 6.61 Å². The van der Waals surface area contributed by atoms with Crippen LogP contribution in [0.4, 0.5) is 0 Å². The molecule has 136 valence electrons. The van der Waals surface area contributed by atoms with Gasteiger partial charge in [0.1, 0.15) is 29.6 Å². The van der Waals surface area contributed by atoms with Gasteiger partial charge in [0.2, 0.25) is 5.78 Å². The number of allylic oxidation sites excluding steroid dienone is 1. The van der Waals surface area contributed by atoms with Crippen LogP contribution in [0, 0.1) is 6.92 Å². The Kier molecular flexibility index (Phi) is 4.68. The van der Waals surface area contributed by atoms with Crippen LogP contribution < -0.4 is 9.47 Å². The van der Waals surface area contributed by atoms with Gasteiger partial charge in [-0.2, -0.15) is 0 Å². The van der Waals surface area contributed by atoms with Gasteiger partial charge < -0.3 is 13.9 Å². The van der Waals surface area contributed by atoms with Crippen LogP contribution in [0.5, 0.6) is 11.5 Å². The number of benzene rings is 2. The van der Waals surface area contributed by atoms with E-state index in [1.165, 1.54) is 0 Å². The first-order valence-electron chi connectivity index (χ1n) is 8.21. The fraction of sp³-hybridized carbons (Fsp3) is 0.0952. The van der Waals surface area contributed by atoms with Gasteiger partial charge in [-0.1, -0.05) is 29.3 Å². The summed E-state index contributed by atoms with van der Waals surface area (Å²) >= 11 is 12.1. The molecule has 0 saturated heterocycles. The Morgan fingerprint density at radius 2 is 1.93 bits per heavy atom. The molecule has 6 heteroatoms. The molecule has 0 fully saturated rings. The average molecular weight is 401 g/mol. The Bertz CT molecular complexity index is 1070. The van der Waals surface area contributed by atoms with Gasteiger partial charge in [0.25, 0.3) is 0 Å². The lowest BCUT2D eigenvalue weighted by Gasteiger charge is -2.09. The highest BCUT2D eigenvalue weighted by molar-refractivity contribution is 6.35. The first-order chi connectivity index (χ1) is 13.0. The van der Waals surface area contributed by atoms with E-state index in [9.17, 15) is 4.79 Å². The molecule has 4 nitrogen and oxygen atoms in total. The van der Waals surface area contributed by atoms with Crippen molar-refractivity contribution in [3.63, 3.8) is 0 Å². The summed E-state index contributed by atoms with van der Waals surface area (Å²) in [6.07, 6.45) is 1.59. The third-order valence-electron chi connectivity index (χ3n) is 4.09. The molecule has 0 radical (unpaired) electrons. The van der Waals surface area contributed by atoms with Crippen LogP contribution in [0.15, 0.2) is 58.7 Å². The zero-order valence-electron chi connectivity index (χ0n) is 14.3. The maximum atomic E-state index is 12.5. The van der Waals surface area contributed by atoms with Crippen LogP contribution >= 0.6 is 23.2 Å². The van der Waals surface area contributed by atoms with Crippen molar-refractivity contribution in [3.05, 3.63) is 87.0 Å². The van der Waals surface area contributed by atoms with E-state index in [0.29, 0.717) is 32.9 Å². The van der Waals surface area contributed by atoms with E-state index in [1.807, 2.05) is 19.1 Å². The van der Waals surface area contributed by atoms with Crippen molar-refractivity contribution in [2.24, 2.45) is 0 Å². The predicted octanol–water partition coefficient (Wildman–Crippen LogP) is 6.09. The van der Waals surface area contributed by atoms with Crippen LogP contribution in [0.3, 0.4) is 0 Å². The first kappa shape index (κ1) is 17.7. The molecular formula is C21H14Cl2O4. The molecule has 2 heterocycles. The maximum absolute atomic E-state index is 12.5. The third kappa shape index (κ3) is 3.72. The number of halogens is 2. The van der Waals surface area contributed by atoms with E-state index in [-0.39, 0.29) is 18.1 Å². The Labute approximate surface area is 165 Å². The van der Waals surface area contributed by atoms with Gasteiger partial charge in [-0.25, -0.2) is 0 Å². The molecule has 1 aliphatic rings. The van der Waals surface area contributed by atoms with Gasteiger partial charge in [0, 0.05) is 27.8 Å². The molecule has 1 aliphatic heterocycles. The summed E-state index contributed by atoms with van der Waals surface area (Å²) in [4.78, 5) is 12.5. The van der Waals surface area contributed by atoms with E-state index in [1.54, 1.807) is 42.5 Å². The topological polar surface area (TPSA) is 48.7 Å². The van der Waals surface area contributed by atoms with Crippen molar-refractivity contribution < 1.29 is 18.7 Å². The molecule has 0 spiro atoms. The molecular weight excluding hydrogens is 387 g/mol. The second kappa shape index (κ2) is 7.14. The molecule has 0 amide bonds. The first-order valence-corrected chi connectivity index (χ1v) is 8.96. The molecule has 0 saturated carbocycles. The Morgan fingerprint density at radius 1 is 1.07 bits per heavy atom. The van der Waals surface area contributed by atoms with Gasteiger partial charge in [-0.3, -0.25) is 4.79 Å². The summed E-state index contributed by atoms with van der Waals surface area (Å²) < 4.78 is 16.9. The number of ketones is 1. The molecule has 3 aromatic rings. The minimum absolute atomic E-state index is 0.189. The van der Waals surface area contributed by atoms with Crippen LogP contribution in [0.25, 0.3) is 6.08 Å². The smallest absolute Gasteiger partial charge is 0.232 e. The molecule has 2 aromatic carbocycles. The van der Waals surface area contributed by atoms with E-state index >= 15 is 0 Å². The molecule has 0 aliphatic carbocycles. The molecule has 27 heavy (non-hydrogen) atoms. The normalized spacial score (nSPS) is 14.3. The lowest BCUT2D eigenvalue weighted by atomic mass is 10.1. The molecule has 0 bridgehead atoms. The van der Waals surface area contributed by atoms with Gasteiger partial charge in [0.05, 0.1) is 5.56 Å². The summed E-state index contributed by atoms with van der Waals surface area (Å²) in [5, 5.41) is 1.10. The molecule has 4 rings (SSSR count). The lowest BCUT2D eigenvalue weighted by Crippen LogP contribution is -1.97.